The zero-order valence-corrected chi connectivity index (χ0v) is 6.67. The van der Waals surface area contributed by atoms with Crippen LogP contribution in [0, 0.1) is 0 Å². The van der Waals surface area contributed by atoms with Crippen LogP contribution < -0.4 is 0 Å². The predicted molar refractivity (Wildman–Crippen MR) is 43.2 cm³/mol. The monoisotopic (exact) mass is 158 g/mol. The Labute approximate surface area is 66.0 Å². The standard InChI is InChI=1S/C8H11ClO/c1-2-8(9)6-4-3-5-7(8)10/h3-7,10H,2H2,1H3. The lowest BCUT2D eigenvalue weighted by molar-refractivity contribution is 0.186. The second-order valence-corrected chi connectivity index (χ2v) is 3.17. The molecule has 1 aliphatic carbocycles. The summed E-state index contributed by atoms with van der Waals surface area (Å²) in [5.74, 6) is 0. The van der Waals surface area contributed by atoms with Crippen molar-refractivity contribution in [3.8, 4) is 0 Å². The average molecular weight is 159 g/mol. The van der Waals surface area contributed by atoms with Gasteiger partial charge in [0.15, 0.2) is 0 Å². The maximum atomic E-state index is 9.36. The van der Waals surface area contributed by atoms with Gasteiger partial charge >= 0.3 is 0 Å². The first kappa shape index (κ1) is 7.83. The van der Waals surface area contributed by atoms with E-state index in [0.717, 1.165) is 6.42 Å². The Bertz CT molecular complexity index is 174. The summed E-state index contributed by atoms with van der Waals surface area (Å²) in [4.78, 5) is -0.561. The summed E-state index contributed by atoms with van der Waals surface area (Å²) in [5, 5.41) is 9.36. The third kappa shape index (κ3) is 1.25. The molecule has 10 heavy (non-hydrogen) atoms. The molecule has 0 fully saturated rings. The third-order valence-corrected chi connectivity index (χ3v) is 2.43. The zero-order valence-electron chi connectivity index (χ0n) is 5.92. The molecule has 0 amide bonds. The molecule has 1 nitrogen and oxygen atoms in total. The SMILES string of the molecule is CCC1(Cl)C=CC=CC1O. The Balaban J connectivity index is 2.77. The van der Waals surface area contributed by atoms with Crippen molar-refractivity contribution in [3.63, 3.8) is 0 Å². The molecule has 0 saturated heterocycles. The molecule has 56 valence electrons. The highest BCUT2D eigenvalue weighted by molar-refractivity contribution is 6.26. The molecular formula is C8H11ClO. The summed E-state index contributed by atoms with van der Waals surface area (Å²) < 4.78 is 0. The van der Waals surface area contributed by atoms with E-state index in [0.29, 0.717) is 0 Å². The normalized spacial score (nSPS) is 38.5. The first-order valence-corrected chi connectivity index (χ1v) is 3.80. The van der Waals surface area contributed by atoms with Crippen LogP contribution in [0.5, 0.6) is 0 Å². The molecule has 0 aromatic carbocycles. The Hall–Kier alpha value is -0.270. The van der Waals surface area contributed by atoms with Crippen molar-refractivity contribution in [3.05, 3.63) is 24.3 Å². The van der Waals surface area contributed by atoms with Crippen LogP contribution in [0.4, 0.5) is 0 Å². The van der Waals surface area contributed by atoms with Crippen LogP contribution in [-0.2, 0) is 0 Å². The molecule has 1 aliphatic rings. The number of hydrogen-bond donors (Lipinski definition) is 1. The van der Waals surface area contributed by atoms with Gasteiger partial charge in [0.1, 0.15) is 0 Å². The van der Waals surface area contributed by atoms with Crippen molar-refractivity contribution in [2.24, 2.45) is 0 Å². The van der Waals surface area contributed by atoms with E-state index >= 15 is 0 Å². The molecule has 2 unspecified atom stereocenters. The second kappa shape index (κ2) is 2.77. The highest BCUT2D eigenvalue weighted by atomic mass is 35.5. The minimum Gasteiger partial charge on any atom is -0.387 e. The van der Waals surface area contributed by atoms with Crippen LogP contribution in [0.1, 0.15) is 13.3 Å². The van der Waals surface area contributed by atoms with Gasteiger partial charge in [-0.05, 0) is 6.42 Å². The van der Waals surface area contributed by atoms with E-state index in [9.17, 15) is 5.11 Å². The van der Waals surface area contributed by atoms with E-state index in [-0.39, 0.29) is 0 Å². The van der Waals surface area contributed by atoms with Gasteiger partial charge in [-0.1, -0.05) is 31.2 Å². The van der Waals surface area contributed by atoms with Gasteiger partial charge in [-0.25, -0.2) is 0 Å². The topological polar surface area (TPSA) is 20.2 Å². The fraction of sp³-hybridized carbons (Fsp3) is 0.500. The van der Waals surface area contributed by atoms with Crippen LogP contribution in [0.3, 0.4) is 0 Å². The van der Waals surface area contributed by atoms with Crippen molar-refractivity contribution >= 4 is 11.6 Å². The van der Waals surface area contributed by atoms with Gasteiger partial charge in [-0.2, -0.15) is 0 Å². The smallest absolute Gasteiger partial charge is 0.0951 e. The molecule has 0 saturated carbocycles. The summed E-state index contributed by atoms with van der Waals surface area (Å²) in [6, 6.07) is 0. The summed E-state index contributed by atoms with van der Waals surface area (Å²) in [7, 11) is 0. The number of aliphatic hydroxyl groups is 1. The lowest BCUT2D eigenvalue weighted by Crippen LogP contribution is -2.33. The van der Waals surface area contributed by atoms with E-state index in [2.05, 4.69) is 0 Å². The van der Waals surface area contributed by atoms with Crippen molar-refractivity contribution in [2.75, 3.05) is 0 Å². The van der Waals surface area contributed by atoms with Crippen molar-refractivity contribution in [1.82, 2.24) is 0 Å². The number of alkyl halides is 1. The lowest BCUT2D eigenvalue weighted by atomic mass is 9.94. The minimum atomic E-state index is -0.561. The Kier molecular flexibility index (Phi) is 2.17. The molecular weight excluding hydrogens is 148 g/mol. The minimum absolute atomic E-state index is 0.538. The fourth-order valence-corrected chi connectivity index (χ4v) is 1.12. The van der Waals surface area contributed by atoms with E-state index < -0.39 is 11.0 Å². The largest absolute Gasteiger partial charge is 0.387 e. The lowest BCUT2D eigenvalue weighted by Gasteiger charge is -2.27. The maximum Gasteiger partial charge on any atom is 0.0951 e. The van der Waals surface area contributed by atoms with Gasteiger partial charge in [0.2, 0.25) is 0 Å². The average Bonchev–Trinajstić information content (AvgIpc) is 1.96. The molecule has 1 N–H and O–H groups in total. The fourth-order valence-electron chi connectivity index (χ4n) is 0.970. The quantitative estimate of drug-likeness (QED) is 0.578. The van der Waals surface area contributed by atoms with E-state index in [4.69, 9.17) is 11.6 Å². The second-order valence-electron chi connectivity index (χ2n) is 2.47. The van der Waals surface area contributed by atoms with Crippen molar-refractivity contribution < 1.29 is 5.11 Å². The molecule has 0 aromatic heterocycles. The van der Waals surface area contributed by atoms with Gasteiger partial charge in [0, 0.05) is 0 Å². The zero-order chi connectivity index (χ0) is 7.61. The molecule has 0 aromatic rings. The summed E-state index contributed by atoms with van der Waals surface area (Å²) in [6.45, 7) is 1.96. The first-order chi connectivity index (χ1) is 4.69. The molecule has 0 radical (unpaired) electrons. The van der Waals surface area contributed by atoms with Crippen LogP contribution >= 0.6 is 11.6 Å². The molecule has 0 bridgehead atoms. The van der Waals surface area contributed by atoms with Crippen LogP contribution in [0.2, 0.25) is 0 Å². The summed E-state index contributed by atoms with van der Waals surface area (Å²) in [6.07, 6.45) is 7.42. The summed E-state index contributed by atoms with van der Waals surface area (Å²) >= 11 is 6.02. The molecule has 0 aliphatic heterocycles. The van der Waals surface area contributed by atoms with E-state index in [1.54, 1.807) is 12.2 Å². The third-order valence-electron chi connectivity index (χ3n) is 1.81. The highest BCUT2D eigenvalue weighted by Gasteiger charge is 2.30. The molecule has 0 heterocycles. The summed E-state index contributed by atoms with van der Waals surface area (Å²) in [5.41, 5.74) is 0. The number of halogens is 1. The number of rotatable bonds is 1. The molecule has 2 heteroatoms. The van der Waals surface area contributed by atoms with E-state index in [1.165, 1.54) is 0 Å². The Morgan fingerprint density at radius 3 is 2.70 bits per heavy atom. The van der Waals surface area contributed by atoms with Gasteiger partial charge in [0.05, 0.1) is 11.0 Å². The van der Waals surface area contributed by atoms with Crippen LogP contribution in [0.15, 0.2) is 24.3 Å². The maximum absolute atomic E-state index is 9.36. The van der Waals surface area contributed by atoms with Gasteiger partial charge in [0.25, 0.3) is 0 Å². The van der Waals surface area contributed by atoms with Crippen LogP contribution in [-0.4, -0.2) is 16.1 Å². The number of hydrogen-bond acceptors (Lipinski definition) is 1. The molecule has 2 atom stereocenters. The van der Waals surface area contributed by atoms with Gasteiger partial charge in [-0.3, -0.25) is 0 Å². The van der Waals surface area contributed by atoms with Crippen molar-refractivity contribution in [2.45, 2.75) is 24.3 Å². The Morgan fingerprint density at radius 2 is 2.30 bits per heavy atom. The molecule has 1 rings (SSSR count). The van der Waals surface area contributed by atoms with Gasteiger partial charge in [-0.15, -0.1) is 11.6 Å². The van der Waals surface area contributed by atoms with Gasteiger partial charge < -0.3 is 5.11 Å². The van der Waals surface area contributed by atoms with Crippen molar-refractivity contribution in [1.29, 1.82) is 0 Å². The van der Waals surface area contributed by atoms with Crippen LogP contribution in [0.25, 0.3) is 0 Å². The predicted octanol–water partition coefficient (Wildman–Crippen LogP) is 1.86. The molecule has 0 spiro atoms. The first-order valence-electron chi connectivity index (χ1n) is 3.42. The number of allylic oxidation sites excluding steroid dienone is 2. The highest BCUT2D eigenvalue weighted by Crippen LogP contribution is 2.29. The number of aliphatic hydroxyl groups excluding tert-OH is 1. The Morgan fingerprint density at radius 1 is 1.60 bits per heavy atom. The van der Waals surface area contributed by atoms with E-state index in [1.807, 2.05) is 19.1 Å².